The minimum absolute atomic E-state index is 0.0651. The van der Waals surface area contributed by atoms with Crippen LogP contribution >= 0.6 is 11.9 Å². The van der Waals surface area contributed by atoms with Crippen LogP contribution < -0.4 is 5.32 Å². The Morgan fingerprint density at radius 2 is 1.79 bits per heavy atom. The number of halogens is 2. The fraction of sp³-hybridized carbons (Fsp3) is 0.680. The van der Waals surface area contributed by atoms with Crippen LogP contribution in [0.1, 0.15) is 76.3 Å². The standard InChI is InChI=1S/C25H38F2N4OS/c1-3-33-31-16-14-30(15-17-31)13-9-7-5-4-6-8-10-20(2)25(32)29-22-12-11-21(19-28)23(18-22)24(26)27/h11-12,18,20,24H,3-10,13-17H2,1-2H3,(H,29,32). The molecular formula is C25H38F2N4OS. The average molecular weight is 481 g/mol. The SMILES string of the molecule is CCSN1CCN(CCCCCCCCC(C)C(=O)Nc2ccc(C#N)c(C(F)F)c2)CC1. The largest absolute Gasteiger partial charge is 0.326 e. The number of nitrogens with zero attached hydrogens (tertiary/aromatic N) is 3. The highest BCUT2D eigenvalue weighted by Gasteiger charge is 2.17. The second kappa shape index (κ2) is 15.3. The number of benzene rings is 1. The molecule has 5 nitrogen and oxygen atoms in total. The predicted molar refractivity (Wildman–Crippen MR) is 132 cm³/mol. The summed E-state index contributed by atoms with van der Waals surface area (Å²) in [4.78, 5) is 15.0. The number of alkyl halides is 2. The van der Waals surface area contributed by atoms with Gasteiger partial charge in [-0.1, -0.05) is 57.9 Å². The van der Waals surface area contributed by atoms with Crippen LogP contribution in [0.15, 0.2) is 18.2 Å². The number of nitriles is 1. The van der Waals surface area contributed by atoms with E-state index in [1.165, 1.54) is 76.6 Å². The number of hydrogen-bond acceptors (Lipinski definition) is 5. The molecular weight excluding hydrogens is 442 g/mol. The summed E-state index contributed by atoms with van der Waals surface area (Å²) in [5.41, 5.74) is -0.0999. The number of unbranched alkanes of at least 4 members (excludes halogenated alkanes) is 5. The third-order valence-electron chi connectivity index (χ3n) is 6.13. The number of carbonyl (C=O) groups is 1. The van der Waals surface area contributed by atoms with Gasteiger partial charge in [-0.2, -0.15) is 5.26 Å². The first-order valence-corrected chi connectivity index (χ1v) is 13.1. The minimum Gasteiger partial charge on any atom is -0.326 e. The molecule has 184 valence electrons. The first-order chi connectivity index (χ1) is 15.9. The van der Waals surface area contributed by atoms with Crippen LogP contribution in [-0.4, -0.2) is 53.6 Å². The van der Waals surface area contributed by atoms with Crippen LogP contribution in [0.2, 0.25) is 0 Å². The molecule has 1 N–H and O–H groups in total. The number of amides is 1. The highest BCUT2D eigenvalue weighted by molar-refractivity contribution is 7.96. The lowest BCUT2D eigenvalue weighted by atomic mass is 10.0. The van der Waals surface area contributed by atoms with Gasteiger partial charge >= 0.3 is 0 Å². The van der Waals surface area contributed by atoms with E-state index in [0.717, 1.165) is 25.0 Å². The van der Waals surface area contributed by atoms with Gasteiger partial charge in [0.1, 0.15) is 0 Å². The topological polar surface area (TPSA) is 59.4 Å². The molecule has 1 aliphatic rings. The number of hydrogen-bond donors (Lipinski definition) is 1. The molecule has 1 saturated heterocycles. The van der Waals surface area contributed by atoms with Gasteiger partial charge in [0.05, 0.1) is 11.6 Å². The fourth-order valence-corrected chi connectivity index (χ4v) is 4.86. The maximum atomic E-state index is 13.1. The lowest BCUT2D eigenvalue weighted by molar-refractivity contribution is -0.119. The molecule has 0 bridgehead atoms. The maximum Gasteiger partial charge on any atom is 0.265 e. The van der Waals surface area contributed by atoms with Gasteiger partial charge in [-0.15, -0.1) is 0 Å². The van der Waals surface area contributed by atoms with Crippen LogP contribution in [0.25, 0.3) is 0 Å². The Labute approximate surface area is 202 Å². The van der Waals surface area contributed by atoms with Crippen LogP contribution in [0.4, 0.5) is 14.5 Å². The number of piperazine rings is 1. The van der Waals surface area contributed by atoms with E-state index in [9.17, 15) is 13.6 Å². The van der Waals surface area contributed by atoms with Crippen molar-refractivity contribution in [1.82, 2.24) is 9.21 Å². The summed E-state index contributed by atoms with van der Waals surface area (Å²) in [7, 11) is 0. The molecule has 0 spiro atoms. The van der Waals surface area contributed by atoms with Gasteiger partial charge in [-0.05, 0) is 37.6 Å². The van der Waals surface area contributed by atoms with Gasteiger partial charge in [0.15, 0.2) is 0 Å². The Kier molecular flexibility index (Phi) is 12.7. The normalized spacial score (nSPS) is 16.0. The summed E-state index contributed by atoms with van der Waals surface area (Å²) in [5, 5.41) is 11.6. The molecule has 1 aliphatic heterocycles. The summed E-state index contributed by atoms with van der Waals surface area (Å²) < 4.78 is 28.6. The minimum atomic E-state index is -2.75. The highest BCUT2D eigenvalue weighted by atomic mass is 32.2. The number of rotatable bonds is 14. The van der Waals surface area contributed by atoms with Crippen molar-refractivity contribution in [3.8, 4) is 6.07 Å². The zero-order chi connectivity index (χ0) is 24.1. The zero-order valence-corrected chi connectivity index (χ0v) is 20.8. The monoisotopic (exact) mass is 480 g/mol. The molecule has 0 aromatic heterocycles. The van der Waals surface area contributed by atoms with Crippen LogP contribution in [-0.2, 0) is 4.79 Å². The van der Waals surface area contributed by atoms with Crippen LogP contribution in [0.5, 0.6) is 0 Å². The average Bonchev–Trinajstić information content (AvgIpc) is 2.81. The molecule has 1 atom stereocenters. The molecule has 1 aromatic carbocycles. The summed E-state index contributed by atoms with van der Waals surface area (Å²) in [5.74, 6) is 0.806. The van der Waals surface area contributed by atoms with E-state index in [1.54, 1.807) is 6.07 Å². The lowest BCUT2D eigenvalue weighted by Gasteiger charge is -2.33. The molecule has 8 heteroatoms. The summed E-state index contributed by atoms with van der Waals surface area (Å²) >= 11 is 1.94. The molecule has 1 fully saturated rings. The Morgan fingerprint density at radius 3 is 2.42 bits per heavy atom. The van der Waals surface area contributed by atoms with Gasteiger partial charge in [0, 0.05) is 49.1 Å². The molecule has 2 rings (SSSR count). The maximum absolute atomic E-state index is 13.1. The lowest BCUT2D eigenvalue weighted by Crippen LogP contribution is -2.43. The molecule has 1 unspecified atom stereocenters. The van der Waals surface area contributed by atoms with Gasteiger partial charge in [-0.3, -0.25) is 4.79 Å². The van der Waals surface area contributed by atoms with Crippen molar-refractivity contribution in [2.75, 3.05) is 43.8 Å². The second-order valence-electron chi connectivity index (χ2n) is 8.70. The molecule has 33 heavy (non-hydrogen) atoms. The van der Waals surface area contributed by atoms with Crippen molar-refractivity contribution >= 4 is 23.5 Å². The summed E-state index contributed by atoms with van der Waals surface area (Å²) in [6, 6.07) is 5.78. The van der Waals surface area contributed by atoms with E-state index >= 15 is 0 Å². The molecule has 1 heterocycles. The fourth-order valence-electron chi connectivity index (χ4n) is 4.08. The van der Waals surface area contributed by atoms with Crippen LogP contribution in [0, 0.1) is 17.2 Å². The molecule has 0 saturated carbocycles. The molecule has 1 aromatic rings. The van der Waals surface area contributed by atoms with E-state index in [-0.39, 0.29) is 23.0 Å². The molecule has 0 radical (unpaired) electrons. The van der Waals surface area contributed by atoms with Gasteiger partial charge in [0.25, 0.3) is 6.43 Å². The van der Waals surface area contributed by atoms with E-state index in [2.05, 4.69) is 21.4 Å². The van der Waals surface area contributed by atoms with E-state index in [1.807, 2.05) is 18.9 Å². The molecule has 1 amide bonds. The van der Waals surface area contributed by atoms with Crippen molar-refractivity contribution in [2.45, 2.75) is 65.2 Å². The van der Waals surface area contributed by atoms with Gasteiger partial charge in [-0.25, -0.2) is 13.1 Å². The van der Waals surface area contributed by atoms with Crippen molar-refractivity contribution in [3.05, 3.63) is 29.3 Å². The number of nitrogens with one attached hydrogen (secondary N) is 1. The second-order valence-corrected chi connectivity index (χ2v) is 10.1. The first-order valence-electron chi connectivity index (χ1n) is 12.2. The smallest absolute Gasteiger partial charge is 0.265 e. The van der Waals surface area contributed by atoms with Crippen molar-refractivity contribution < 1.29 is 13.6 Å². The van der Waals surface area contributed by atoms with E-state index in [0.29, 0.717) is 5.69 Å². The van der Waals surface area contributed by atoms with Crippen molar-refractivity contribution in [1.29, 1.82) is 5.26 Å². The Bertz CT molecular complexity index is 763. The number of carbonyl (C=O) groups excluding carboxylic acids is 1. The van der Waals surface area contributed by atoms with Gasteiger partial charge < -0.3 is 10.2 Å². The third kappa shape index (κ3) is 9.99. The Morgan fingerprint density at radius 1 is 1.12 bits per heavy atom. The Hall–Kier alpha value is -1.69. The Balaban J connectivity index is 1.54. The summed E-state index contributed by atoms with van der Waals surface area (Å²) in [6.45, 7) is 9.97. The zero-order valence-electron chi connectivity index (χ0n) is 20.0. The number of anilines is 1. The van der Waals surface area contributed by atoms with Crippen LogP contribution in [0.3, 0.4) is 0 Å². The first kappa shape index (κ1) is 27.6. The molecule has 0 aliphatic carbocycles. The summed E-state index contributed by atoms with van der Waals surface area (Å²) in [6.07, 6.45) is 5.05. The van der Waals surface area contributed by atoms with Gasteiger partial charge in [0.2, 0.25) is 5.91 Å². The highest BCUT2D eigenvalue weighted by Crippen LogP contribution is 2.26. The third-order valence-corrected chi connectivity index (χ3v) is 7.12. The predicted octanol–water partition coefficient (Wildman–Crippen LogP) is 6.09. The van der Waals surface area contributed by atoms with E-state index < -0.39 is 6.43 Å². The van der Waals surface area contributed by atoms with Crippen molar-refractivity contribution in [2.24, 2.45) is 5.92 Å². The van der Waals surface area contributed by atoms with E-state index in [4.69, 9.17) is 5.26 Å². The quantitative estimate of drug-likeness (QED) is 0.258. The van der Waals surface area contributed by atoms with Crippen molar-refractivity contribution in [3.63, 3.8) is 0 Å².